The average molecular weight is 381 g/mol. The molecule has 0 radical (unpaired) electrons. The van der Waals surface area contributed by atoms with E-state index in [1.165, 1.54) is 0 Å². The molecule has 0 unspecified atom stereocenters. The molecule has 2 aromatic rings. The van der Waals surface area contributed by atoms with Crippen molar-refractivity contribution in [3.05, 3.63) is 36.4 Å². The average Bonchev–Trinajstić information content (AvgIpc) is 2.44. The first kappa shape index (κ1) is 17.1. The van der Waals surface area contributed by atoms with Gasteiger partial charge in [-0.3, -0.25) is 5.32 Å². The van der Waals surface area contributed by atoms with Crippen LogP contribution in [0.4, 0.5) is 21.0 Å². The van der Waals surface area contributed by atoms with Crippen molar-refractivity contribution in [1.29, 1.82) is 0 Å². The van der Waals surface area contributed by atoms with Gasteiger partial charge in [-0.2, -0.15) is 0 Å². The largest absolute Gasteiger partial charge is 0.464 e. The van der Waals surface area contributed by atoms with Crippen LogP contribution in [0, 0.1) is 0 Å². The fraction of sp³-hybridized carbons (Fsp3) is 0.250. The summed E-state index contributed by atoms with van der Waals surface area (Å²) in [6.45, 7) is 5.26. The Morgan fingerprint density at radius 2 is 1.83 bits per heavy atom. The van der Waals surface area contributed by atoms with Crippen molar-refractivity contribution in [3.8, 4) is 0 Å². The van der Waals surface area contributed by atoms with E-state index < -0.39 is 17.8 Å². The van der Waals surface area contributed by atoms with E-state index in [1.54, 1.807) is 39.0 Å². The Morgan fingerprint density at radius 1 is 1.17 bits per heavy atom. The molecule has 0 heterocycles. The maximum Gasteiger partial charge on any atom is 0.422 e. The van der Waals surface area contributed by atoms with E-state index in [0.29, 0.717) is 16.8 Å². The van der Waals surface area contributed by atoms with E-state index in [0.717, 1.165) is 9.31 Å². The van der Waals surface area contributed by atoms with Gasteiger partial charge >= 0.3 is 12.2 Å². The van der Waals surface area contributed by atoms with E-state index in [1.807, 2.05) is 18.2 Å². The maximum atomic E-state index is 12.1. The Hall–Kier alpha value is -2.28. The molecule has 0 saturated heterocycles. The number of halogens is 1. The first-order chi connectivity index (χ1) is 10.7. The Bertz CT molecular complexity index is 755. The van der Waals surface area contributed by atoms with Crippen LogP contribution in [0.2, 0.25) is 0 Å². The van der Waals surface area contributed by atoms with Crippen LogP contribution in [-0.4, -0.2) is 22.9 Å². The molecule has 122 valence electrons. The Balaban J connectivity index is 2.51. The molecule has 7 heteroatoms. The third-order valence-electron chi connectivity index (χ3n) is 2.91. The number of carboxylic acid groups (broad SMARTS) is 1. The summed E-state index contributed by atoms with van der Waals surface area (Å²) in [5.74, 6) is 0. The van der Waals surface area contributed by atoms with Crippen LogP contribution in [-0.2, 0) is 4.74 Å². The van der Waals surface area contributed by atoms with Crippen molar-refractivity contribution in [3.63, 3.8) is 0 Å². The molecule has 2 N–H and O–H groups in total. The zero-order valence-corrected chi connectivity index (χ0v) is 14.5. The standard InChI is InChI=1S/C16H17BrN2O4/c1-16(2,3)23-14(20)18-13-11-7-5-4-6-10(11)8-9-12(13)19(17)15(21)22/h4-9H,1-3H3,(H,18,20)(H,21,22). The van der Waals surface area contributed by atoms with Gasteiger partial charge in [0.2, 0.25) is 0 Å². The van der Waals surface area contributed by atoms with Crippen molar-refractivity contribution in [2.24, 2.45) is 0 Å². The highest BCUT2D eigenvalue weighted by molar-refractivity contribution is 9.10. The molecule has 0 bridgehead atoms. The molecule has 0 aliphatic carbocycles. The van der Waals surface area contributed by atoms with Gasteiger partial charge in [-0.15, -0.1) is 0 Å². The summed E-state index contributed by atoms with van der Waals surface area (Å²) < 4.78 is 6.12. The molecule has 6 nitrogen and oxygen atoms in total. The topological polar surface area (TPSA) is 78.9 Å². The minimum atomic E-state index is -1.20. The molecular formula is C16H17BrN2O4. The second-order valence-electron chi connectivity index (χ2n) is 5.87. The molecule has 2 aromatic carbocycles. The molecule has 0 aliphatic heterocycles. The molecule has 0 aromatic heterocycles. The molecule has 23 heavy (non-hydrogen) atoms. The van der Waals surface area contributed by atoms with Gasteiger partial charge in [0, 0.05) is 5.39 Å². The quantitative estimate of drug-likeness (QED) is 0.719. The summed E-state index contributed by atoms with van der Waals surface area (Å²) in [6.07, 6.45) is -1.85. The number of rotatable bonds is 2. The molecule has 0 spiro atoms. The van der Waals surface area contributed by atoms with Crippen molar-refractivity contribution in [1.82, 2.24) is 0 Å². The van der Waals surface area contributed by atoms with Gasteiger partial charge in [0.15, 0.2) is 0 Å². The zero-order chi connectivity index (χ0) is 17.2. The number of nitrogens with zero attached hydrogens (tertiary/aromatic N) is 1. The van der Waals surface area contributed by atoms with Gasteiger partial charge in [-0.05, 0) is 32.2 Å². The highest BCUT2D eigenvalue weighted by atomic mass is 79.9. The third kappa shape index (κ3) is 4.13. The van der Waals surface area contributed by atoms with Crippen molar-refractivity contribution in [2.75, 3.05) is 9.24 Å². The second-order valence-corrected chi connectivity index (χ2v) is 6.58. The third-order valence-corrected chi connectivity index (χ3v) is 3.60. The number of anilines is 2. The SMILES string of the molecule is CC(C)(C)OC(=O)Nc1c(N(Br)C(=O)O)ccc2ccccc12. The molecule has 0 atom stereocenters. The predicted octanol–water partition coefficient (Wildman–Crippen LogP) is 4.98. The molecule has 0 saturated carbocycles. The fourth-order valence-electron chi connectivity index (χ4n) is 2.06. The van der Waals surface area contributed by atoms with Crippen molar-refractivity contribution >= 4 is 50.5 Å². The van der Waals surface area contributed by atoms with E-state index >= 15 is 0 Å². The first-order valence-corrected chi connectivity index (χ1v) is 7.60. The Labute approximate surface area is 142 Å². The predicted molar refractivity (Wildman–Crippen MR) is 93.2 cm³/mol. The van der Waals surface area contributed by atoms with Crippen molar-refractivity contribution < 1.29 is 19.4 Å². The van der Waals surface area contributed by atoms with E-state index in [-0.39, 0.29) is 0 Å². The van der Waals surface area contributed by atoms with Crippen LogP contribution in [0.5, 0.6) is 0 Å². The summed E-state index contributed by atoms with van der Waals surface area (Å²) in [4.78, 5) is 23.3. The summed E-state index contributed by atoms with van der Waals surface area (Å²) in [5.41, 5.74) is -0.00547. The van der Waals surface area contributed by atoms with Gasteiger partial charge in [0.25, 0.3) is 0 Å². The first-order valence-electron chi connectivity index (χ1n) is 6.89. The molecule has 2 amide bonds. The van der Waals surface area contributed by atoms with E-state index in [4.69, 9.17) is 4.74 Å². The van der Waals surface area contributed by atoms with Crippen LogP contribution in [0.1, 0.15) is 20.8 Å². The number of carbonyl (C=O) groups is 2. The Kier molecular flexibility index (Phi) is 4.79. The lowest BCUT2D eigenvalue weighted by Gasteiger charge is -2.22. The monoisotopic (exact) mass is 380 g/mol. The maximum absolute atomic E-state index is 12.1. The Morgan fingerprint density at radius 3 is 2.43 bits per heavy atom. The summed E-state index contributed by atoms with van der Waals surface area (Å²) in [6, 6.07) is 10.7. The van der Waals surface area contributed by atoms with E-state index in [2.05, 4.69) is 21.5 Å². The summed E-state index contributed by atoms with van der Waals surface area (Å²) in [5, 5.41) is 13.4. The lowest BCUT2D eigenvalue weighted by molar-refractivity contribution is 0.0636. The number of hydrogen-bond acceptors (Lipinski definition) is 3. The number of hydrogen-bond donors (Lipinski definition) is 2. The van der Waals surface area contributed by atoms with Crippen molar-refractivity contribution in [2.45, 2.75) is 26.4 Å². The van der Waals surface area contributed by atoms with Crippen LogP contribution in [0.25, 0.3) is 10.8 Å². The molecule has 2 rings (SSSR count). The number of ether oxygens (including phenoxy) is 1. The number of fused-ring (bicyclic) bond motifs is 1. The van der Waals surface area contributed by atoms with E-state index in [9.17, 15) is 14.7 Å². The van der Waals surface area contributed by atoms with Gasteiger partial charge in [0.05, 0.1) is 27.5 Å². The normalized spacial score (nSPS) is 11.1. The van der Waals surface area contributed by atoms with Gasteiger partial charge < -0.3 is 9.84 Å². The molecular weight excluding hydrogens is 364 g/mol. The van der Waals surface area contributed by atoms with Gasteiger partial charge in [-0.25, -0.2) is 13.5 Å². The number of benzene rings is 2. The van der Waals surface area contributed by atoms with Gasteiger partial charge in [-0.1, -0.05) is 30.3 Å². The van der Waals surface area contributed by atoms with Crippen LogP contribution in [0.3, 0.4) is 0 Å². The number of amides is 2. The summed E-state index contributed by atoms with van der Waals surface area (Å²) in [7, 11) is 0. The number of carbonyl (C=O) groups excluding carboxylic acids is 1. The highest BCUT2D eigenvalue weighted by Gasteiger charge is 2.22. The number of nitrogens with one attached hydrogen (secondary N) is 1. The smallest absolute Gasteiger partial charge is 0.422 e. The minimum Gasteiger partial charge on any atom is -0.464 e. The molecule has 0 aliphatic rings. The fourth-order valence-corrected chi connectivity index (χ4v) is 2.36. The van der Waals surface area contributed by atoms with Crippen LogP contribution >= 0.6 is 16.1 Å². The highest BCUT2D eigenvalue weighted by Crippen LogP contribution is 2.36. The van der Waals surface area contributed by atoms with Gasteiger partial charge in [0.1, 0.15) is 5.60 Å². The minimum absolute atomic E-state index is 0.294. The molecule has 0 fully saturated rings. The lowest BCUT2D eigenvalue weighted by Crippen LogP contribution is -2.28. The lowest BCUT2D eigenvalue weighted by atomic mass is 10.1. The summed E-state index contributed by atoms with van der Waals surface area (Å²) >= 11 is 2.98. The zero-order valence-electron chi connectivity index (χ0n) is 13.0. The van der Waals surface area contributed by atoms with Crippen LogP contribution < -0.4 is 9.24 Å². The second kappa shape index (κ2) is 6.45. The van der Waals surface area contributed by atoms with Crippen LogP contribution in [0.15, 0.2) is 36.4 Å².